The molecule has 1 heterocycles. The van der Waals surface area contributed by atoms with E-state index in [0.29, 0.717) is 12.1 Å². The molecule has 84 valence electrons. The van der Waals surface area contributed by atoms with E-state index in [-0.39, 0.29) is 0 Å². The molecule has 2 unspecified atom stereocenters. The van der Waals surface area contributed by atoms with Crippen LogP contribution in [0.3, 0.4) is 0 Å². The molecule has 0 spiro atoms. The molecule has 3 heteroatoms. The lowest BCUT2D eigenvalue weighted by Crippen LogP contribution is -2.35. The summed E-state index contributed by atoms with van der Waals surface area (Å²) < 4.78 is 5.62. The summed E-state index contributed by atoms with van der Waals surface area (Å²) in [6.07, 6.45) is 4.02. The lowest BCUT2D eigenvalue weighted by atomic mass is 10.2. The first-order valence-corrected chi connectivity index (χ1v) is 5.82. The fourth-order valence-electron chi connectivity index (χ4n) is 1.84. The van der Waals surface area contributed by atoms with E-state index in [9.17, 15) is 0 Å². The number of nitrogens with two attached hydrogens (primary N) is 1. The van der Waals surface area contributed by atoms with E-state index in [1.165, 1.54) is 12.8 Å². The maximum atomic E-state index is 5.75. The Kier molecular flexibility index (Phi) is 5.45. The van der Waals surface area contributed by atoms with Gasteiger partial charge < -0.3 is 15.4 Å². The molecule has 14 heavy (non-hydrogen) atoms. The van der Waals surface area contributed by atoms with Crippen LogP contribution in [0.25, 0.3) is 0 Å². The molecular formula is C11H24N2O. The van der Waals surface area contributed by atoms with Crippen LogP contribution in [-0.2, 0) is 4.74 Å². The molecular weight excluding hydrogens is 176 g/mol. The van der Waals surface area contributed by atoms with Gasteiger partial charge in [-0.2, -0.15) is 0 Å². The fourth-order valence-corrected chi connectivity index (χ4v) is 1.84. The Hall–Kier alpha value is -0.120. The van der Waals surface area contributed by atoms with E-state index >= 15 is 0 Å². The number of hydrogen-bond donors (Lipinski definition) is 1. The van der Waals surface area contributed by atoms with Crippen LogP contribution in [0.4, 0.5) is 0 Å². The Labute approximate surface area is 87.6 Å². The van der Waals surface area contributed by atoms with Gasteiger partial charge in [-0.05, 0) is 39.3 Å². The van der Waals surface area contributed by atoms with E-state index in [0.717, 1.165) is 32.7 Å². The number of likely N-dealkylation sites (N-methyl/N-ethyl adjacent to an activating group) is 1. The van der Waals surface area contributed by atoms with Gasteiger partial charge in [0, 0.05) is 19.2 Å². The highest BCUT2D eigenvalue weighted by Crippen LogP contribution is 2.13. The lowest BCUT2D eigenvalue weighted by Gasteiger charge is -2.24. The van der Waals surface area contributed by atoms with Gasteiger partial charge in [-0.25, -0.2) is 0 Å². The van der Waals surface area contributed by atoms with Gasteiger partial charge in [0.1, 0.15) is 0 Å². The monoisotopic (exact) mass is 200 g/mol. The van der Waals surface area contributed by atoms with Gasteiger partial charge in [-0.3, -0.25) is 0 Å². The molecule has 1 fully saturated rings. The highest BCUT2D eigenvalue weighted by atomic mass is 16.5. The highest BCUT2D eigenvalue weighted by molar-refractivity contribution is 4.70. The van der Waals surface area contributed by atoms with Gasteiger partial charge in [0.25, 0.3) is 0 Å². The van der Waals surface area contributed by atoms with E-state index in [4.69, 9.17) is 10.5 Å². The predicted molar refractivity (Wildman–Crippen MR) is 59.4 cm³/mol. The fraction of sp³-hybridized carbons (Fsp3) is 1.00. The van der Waals surface area contributed by atoms with Crippen molar-refractivity contribution in [3.8, 4) is 0 Å². The van der Waals surface area contributed by atoms with Gasteiger partial charge in [-0.1, -0.05) is 6.92 Å². The number of hydrogen-bond acceptors (Lipinski definition) is 3. The van der Waals surface area contributed by atoms with Gasteiger partial charge in [0.2, 0.25) is 0 Å². The number of nitrogens with zero attached hydrogens (tertiary/aromatic N) is 1. The van der Waals surface area contributed by atoms with Crippen molar-refractivity contribution in [1.82, 2.24) is 4.90 Å². The van der Waals surface area contributed by atoms with Crippen molar-refractivity contribution in [3.05, 3.63) is 0 Å². The van der Waals surface area contributed by atoms with Gasteiger partial charge >= 0.3 is 0 Å². The van der Waals surface area contributed by atoms with Crippen LogP contribution in [0.1, 0.15) is 33.1 Å². The molecule has 1 saturated heterocycles. The second-order valence-corrected chi connectivity index (χ2v) is 4.29. The molecule has 0 aromatic carbocycles. The minimum absolute atomic E-state index is 0.313. The topological polar surface area (TPSA) is 38.5 Å². The van der Waals surface area contributed by atoms with Gasteiger partial charge in [0.15, 0.2) is 0 Å². The first kappa shape index (κ1) is 12.0. The van der Waals surface area contributed by atoms with Crippen LogP contribution in [-0.4, -0.2) is 43.3 Å². The Bertz CT molecular complexity index is 144. The first-order valence-electron chi connectivity index (χ1n) is 5.82. The Morgan fingerprint density at radius 3 is 2.86 bits per heavy atom. The maximum absolute atomic E-state index is 5.75. The van der Waals surface area contributed by atoms with E-state index in [1.807, 2.05) is 0 Å². The number of ether oxygens (including phenoxy) is 1. The molecule has 0 bridgehead atoms. The molecule has 3 nitrogen and oxygen atoms in total. The SMILES string of the molecule is CCN(CCC(C)N)CC1CCCO1. The summed E-state index contributed by atoms with van der Waals surface area (Å²) in [5, 5.41) is 0. The average molecular weight is 200 g/mol. The highest BCUT2D eigenvalue weighted by Gasteiger charge is 2.18. The largest absolute Gasteiger partial charge is 0.377 e. The van der Waals surface area contributed by atoms with Crippen molar-refractivity contribution < 1.29 is 4.74 Å². The zero-order chi connectivity index (χ0) is 10.4. The summed E-state index contributed by atoms with van der Waals surface area (Å²) in [5.41, 5.74) is 5.75. The Balaban J connectivity index is 2.16. The summed E-state index contributed by atoms with van der Waals surface area (Å²) in [7, 11) is 0. The van der Waals surface area contributed by atoms with E-state index in [2.05, 4.69) is 18.7 Å². The molecule has 0 radical (unpaired) electrons. The third kappa shape index (κ3) is 4.40. The summed E-state index contributed by atoms with van der Waals surface area (Å²) in [6.45, 7) is 8.52. The summed E-state index contributed by atoms with van der Waals surface area (Å²) in [5.74, 6) is 0. The minimum Gasteiger partial charge on any atom is -0.377 e. The smallest absolute Gasteiger partial charge is 0.0702 e. The maximum Gasteiger partial charge on any atom is 0.0702 e. The normalized spacial score (nSPS) is 24.4. The molecule has 2 atom stereocenters. The van der Waals surface area contributed by atoms with Gasteiger partial charge in [0.05, 0.1) is 6.10 Å². The minimum atomic E-state index is 0.313. The van der Waals surface area contributed by atoms with Crippen molar-refractivity contribution in [3.63, 3.8) is 0 Å². The van der Waals surface area contributed by atoms with Crippen molar-refractivity contribution >= 4 is 0 Å². The summed E-state index contributed by atoms with van der Waals surface area (Å²) >= 11 is 0. The number of rotatable bonds is 6. The van der Waals surface area contributed by atoms with Gasteiger partial charge in [-0.15, -0.1) is 0 Å². The molecule has 1 rings (SSSR count). The molecule has 0 amide bonds. The second-order valence-electron chi connectivity index (χ2n) is 4.29. The molecule has 2 N–H and O–H groups in total. The van der Waals surface area contributed by atoms with Crippen molar-refractivity contribution in [1.29, 1.82) is 0 Å². The van der Waals surface area contributed by atoms with Crippen molar-refractivity contribution in [2.75, 3.05) is 26.2 Å². The first-order chi connectivity index (χ1) is 6.72. The van der Waals surface area contributed by atoms with Crippen LogP contribution in [0, 0.1) is 0 Å². The van der Waals surface area contributed by atoms with E-state index < -0.39 is 0 Å². The quantitative estimate of drug-likeness (QED) is 0.701. The summed E-state index contributed by atoms with van der Waals surface area (Å²) in [6, 6.07) is 0.313. The molecule has 0 saturated carbocycles. The van der Waals surface area contributed by atoms with Crippen molar-refractivity contribution in [2.24, 2.45) is 5.73 Å². The van der Waals surface area contributed by atoms with Crippen molar-refractivity contribution in [2.45, 2.75) is 45.3 Å². The molecule has 0 aromatic heterocycles. The third-order valence-electron chi connectivity index (χ3n) is 2.83. The lowest BCUT2D eigenvalue weighted by molar-refractivity contribution is 0.0740. The van der Waals surface area contributed by atoms with E-state index in [1.54, 1.807) is 0 Å². The predicted octanol–water partition coefficient (Wildman–Crippen LogP) is 1.22. The third-order valence-corrected chi connectivity index (χ3v) is 2.83. The zero-order valence-electron chi connectivity index (χ0n) is 9.54. The van der Waals surface area contributed by atoms with Crippen LogP contribution in [0.5, 0.6) is 0 Å². The van der Waals surface area contributed by atoms with Crippen LogP contribution in [0.15, 0.2) is 0 Å². The average Bonchev–Trinajstić information content (AvgIpc) is 2.64. The second kappa shape index (κ2) is 6.38. The Morgan fingerprint density at radius 2 is 2.36 bits per heavy atom. The zero-order valence-corrected chi connectivity index (χ0v) is 9.54. The van der Waals surface area contributed by atoms with Crippen LogP contribution < -0.4 is 5.73 Å². The Morgan fingerprint density at radius 1 is 1.57 bits per heavy atom. The molecule has 1 aliphatic heterocycles. The standard InChI is InChI=1S/C11H24N2O/c1-3-13(7-6-10(2)12)9-11-5-4-8-14-11/h10-11H,3-9,12H2,1-2H3. The molecule has 1 aliphatic rings. The summed E-state index contributed by atoms with van der Waals surface area (Å²) in [4.78, 5) is 2.44. The molecule has 0 aliphatic carbocycles. The van der Waals surface area contributed by atoms with Crippen LogP contribution >= 0.6 is 0 Å². The molecule has 0 aromatic rings. The van der Waals surface area contributed by atoms with Crippen LogP contribution in [0.2, 0.25) is 0 Å².